The highest BCUT2D eigenvalue weighted by molar-refractivity contribution is 6.35. The van der Waals surface area contributed by atoms with E-state index in [-0.39, 0.29) is 25.0 Å². The third kappa shape index (κ3) is 7.74. The molecule has 0 bridgehead atoms. The summed E-state index contributed by atoms with van der Waals surface area (Å²) in [6, 6.07) is 21.7. The highest BCUT2D eigenvalue weighted by Crippen LogP contribution is 2.27. The Morgan fingerprint density at radius 2 is 1.71 bits per heavy atom. The molecule has 0 spiro atoms. The molecule has 1 atom stereocenters. The molecule has 0 heterocycles. The van der Waals surface area contributed by atoms with Crippen molar-refractivity contribution in [1.29, 1.82) is 0 Å². The lowest BCUT2D eigenvalue weighted by Gasteiger charge is -2.32. The molecule has 7 heteroatoms. The van der Waals surface area contributed by atoms with Gasteiger partial charge in [0.15, 0.2) is 6.61 Å². The van der Waals surface area contributed by atoms with Crippen LogP contribution in [0.5, 0.6) is 5.75 Å². The van der Waals surface area contributed by atoms with Crippen molar-refractivity contribution in [3.8, 4) is 5.75 Å². The zero-order valence-corrected chi connectivity index (χ0v) is 21.5. The lowest BCUT2D eigenvalue weighted by Crippen LogP contribution is -2.51. The molecule has 0 aromatic heterocycles. The second kappa shape index (κ2) is 13.2. The summed E-state index contributed by atoms with van der Waals surface area (Å²) in [6.07, 6.45) is 1.18. The molecule has 35 heavy (non-hydrogen) atoms. The van der Waals surface area contributed by atoms with E-state index in [1.165, 1.54) is 0 Å². The van der Waals surface area contributed by atoms with E-state index in [1.54, 1.807) is 23.1 Å². The quantitative estimate of drug-likeness (QED) is 0.350. The number of ether oxygens (including phenoxy) is 1. The number of nitrogens with one attached hydrogen (secondary N) is 1. The standard InChI is InChI=1S/C28H30Cl2N2O3/c1-3-15-31-28(34)25(16-21-10-5-4-6-11-21)32(18-22-12-8-7-9-20(22)2)27(33)19-35-26-14-13-23(29)17-24(26)30/h4-14,17,25H,3,15-16,18-19H2,1-2H3,(H,31,34). The fourth-order valence-corrected chi connectivity index (χ4v) is 4.17. The van der Waals surface area contributed by atoms with Crippen LogP contribution in [-0.4, -0.2) is 35.9 Å². The molecule has 0 aliphatic heterocycles. The van der Waals surface area contributed by atoms with Gasteiger partial charge < -0.3 is 15.0 Å². The summed E-state index contributed by atoms with van der Waals surface area (Å²) in [7, 11) is 0. The van der Waals surface area contributed by atoms with Gasteiger partial charge in [0.1, 0.15) is 11.8 Å². The van der Waals surface area contributed by atoms with Crippen molar-refractivity contribution in [2.75, 3.05) is 13.2 Å². The minimum atomic E-state index is -0.708. The van der Waals surface area contributed by atoms with Crippen LogP contribution in [0.3, 0.4) is 0 Å². The zero-order chi connectivity index (χ0) is 25.2. The molecule has 0 aliphatic carbocycles. The molecule has 3 aromatic rings. The van der Waals surface area contributed by atoms with Crippen molar-refractivity contribution in [3.05, 3.63) is 99.5 Å². The van der Waals surface area contributed by atoms with Crippen molar-refractivity contribution in [2.45, 2.75) is 39.3 Å². The molecule has 0 fully saturated rings. The summed E-state index contributed by atoms with van der Waals surface area (Å²) < 4.78 is 5.75. The van der Waals surface area contributed by atoms with E-state index >= 15 is 0 Å². The predicted molar refractivity (Wildman–Crippen MR) is 141 cm³/mol. The normalized spacial score (nSPS) is 11.5. The Morgan fingerprint density at radius 1 is 1.00 bits per heavy atom. The second-order valence-corrected chi connectivity index (χ2v) is 9.15. The summed E-state index contributed by atoms with van der Waals surface area (Å²) in [4.78, 5) is 28.5. The van der Waals surface area contributed by atoms with Crippen molar-refractivity contribution >= 4 is 35.0 Å². The zero-order valence-electron chi connectivity index (χ0n) is 20.0. The third-order valence-corrected chi connectivity index (χ3v) is 6.20. The van der Waals surface area contributed by atoms with E-state index in [0.717, 1.165) is 23.1 Å². The molecule has 0 saturated heterocycles. The average molecular weight is 513 g/mol. The first-order chi connectivity index (χ1) is 16.9. The molecule has 184 valence electrons. The number of hydrogen-bond donors (Lipinski definition) is 1. The number of aryl methyl sites for hydroxylation is 1. The Morgan fingerprint density at radius 3 is 2.40 bits per heavy atom. The maximum atomic E-state index is 13.6. The van der Waals surface area contributed by atoms with Gasteiger partial charge in [0.2, 0.25) is 5.91 Å². The fraction of sp³-hybridized carbons (Fsp3) is 0.286. The molecule has 0 saturated carbocycles. The van der Waals surface area contributed by atoms with Gasteiger partial charge >= 0.3 is 0 Å². The minimum Gasteiger partial charge on any atom is -0.482 e. The number of rotatable bonds is 11. The topological polar surface area (TPSA) is 58.6 Å². The molecule has 3 aromatic carbocycles. The molecular weight excluding hydrogens is 483 g/mol. The molecule has 0 aliphatic rings. The van der Waals surface area contributed by atoms with Crippen LogP contribution in [-0.2, 0) is 22.6 Å². The second-order valence-electron chi connectivity index (χ2n) is 8.31. The van der Waals surface area contributed by atoms with Crippen molar-refractivity contribution in [2.24, 2.45) is 0 Å². The van der Waals surface area contributed by atoms with E-state index in [0.29, 0.717) is 28.8 Å². The lowest BCUT2D eigenvalue weighted by molar-refractivity contribution is -0.142. The van der Waals surface area contributed by atoms with Crippen LogP contribution in [0.15, 0.2) is 72.8 Å². The highest BCUT2D eigenvalue weighted by Gasteiger charge is 2.31. The number of carbonyl (C=O) groups excluding carboxylic acids is 2. The Kier molecular flexibility index (Phi) is 10.0. The summed E-state index contributed by atoms with van der Waals surface area (Å²) >= 11 is 12.2. The van der Waals surface area contributed by atoms with Gasteiger partial charge in [-0.1, -0.05) is 84.7 Å². The van der Waals surface area contributed by atoms with Crippen LogP contribution in [0.2, 0.25) is 10.0 Å². The Balaban J connectivity index is 1.91. The van der Waals surface area contributed by atoms with Gasteiger partial charge in [0.05, 0.1) is 5.02 Å². The minimum absolute atomic E-state index is 0.192. The first-order valence-corrected chi connectivity index (χ1v) is 12.4. The number of hydrogen-bond acceptors (Lipinski definition) is 3. The maximum absolute atomic E-state index is 13.6. The molecule has 2 amide bonds. The Bertz CT molecular complexity index is 1140. The average Bonchev–Trinajstić information content (AvgIpc) is 2.85. The first kappa shape index (κ1) is 26.6. The van der Waals surface area contributed by atoms with E-state index in [1.807, 2.05) is 68.4 Å². The number of benzene rings is 3. The van der Waals surface area contributed by atoms with E-state index in [4.69, 9.17) is 27.9 Å². The van der Waals surface area contributed by atoms with Crippen LogP contribution in [0, 0.1) is 6.92 Å². The van der Waals surface area contributed by atoms with Crippen LogP contribution in [0.4, 0.5) is 0 Å². The fourth-order valence-electron chi connectivity index (χ4n) is 3.71. The van der Waals surface area contributed by atoms with Crippen LogP contribution in [0.1, 0.15) is 30.0 Å². The van der Waals surface area contributed by atoms with Crippen molar-refractivity contribution in [3.63, 3.8) is 0 Å². The molecule has 5 nitrogen and oxygen atoms in total. The smallest absolute Gasteiger partial charge is 0.261 e. The first-order valence-electron chi connectivity index (χ1n) is 11.6. The van der Waals surface area contributed by atoms with E-state index < -0.39 is 6.04 Å². The summed E-state index contributed by atoms with van der Waals surface area (Å²) in [5, 5.41) is 3.76. The number of nitrogens with zero attached hydrogens (tertiary/aromatic N) is 1. The van der Waals surface area contributed by atoms with E-state index in [2.05, 4.69) is 5.32 Å². The van der Waals surface area contributed by atoms with E-state index in [9.17, 15) is 9.59 Å². The van der Waals surface area contributed by atoms with Gasteiger partial charge in [-0.05, 0) is 48.2 Å². The number of carbonyl (C=O) groups is 2. The van der Waals surface area contributed by atoms with Crippen LogP contribution >= 0.6 is 23.2 Å². The monoisotopic (exact) mass is 512 g/mol. The molecule has 1 N–H and O–H groups in total. The molecule has 3 rings (SSSR count). The molecule has 0 radical (unpaired) electrons. The Hall–Kier alpha value is -3.02. The van der Waals surface area contributed by atoms with Gasteiger partial charge in [-0.2, -0.15) is 0 Å². The van der Waals surface area contributed by atoms with Gasteiger partial charge in [-0.15, -0.1) is 0 Å². The lowest BCUT2D eigenvalue weighted by atomic mass is 10.0. The van der Waals surface area contributed by atoms with Crippen LogP contribution < -0.4 is 10.1 Å². The largest absolute Gasteiger partial charge is 0.482 e. The number of halogens is 2. The van der Waals surface area contributed by atoms with Crippen LogP contribution in [0.25, 0.3) is 0 Å². The van der Waals surface area contributed by atoms with Crippen molar-refractivity contribution < 1.29 is 14.3 Å². The van der Waals surface area contributed by atoms with Gasteiger partial charge in [-0.3, -0.25) is 9.59 Å². The summed E-state index contributed by atoms with van der Waals surface area (Å²) in [5.74, 6) is -0.149. The summed E-state index contributed by atoms with van der Waals surface area (Å²) in [6.45, 7) is 4.53. The SMILES string of the molecule is CCCNC(=O)C(Cc1ccccc1)N(Cc1ccccc1C)C(=O)COc1ccc(Cl)cc1Cl. The Labute approximate surface area is 217 Å². The predicted octanol–water partition coefficient (Wildman–Crippen LogP) is 5.85. The molecular formula is C28H30Cl2N2O3. The van der Waals surface area contributed by atoms with Gasteiger partial charge in [0.25, 0.3) is 5.91 Å². The number of amides is 2. The highest BCUT2D eigenvalue weighted by atomic mass is 35.5. The van der Waals surface area contributed by atoms with Gasteiger partial charge in [-0.25, -0.2) is 0 Å². The summed E-state index contributed by atoms with van der Waals surface area (Å²) in [5.41, 5.74) is 2.97. The van der Waals surface area contributed by atoms with Gasteiger partial charge in [0, 0.05) is 24.5 Å². The third-order valence-electron chi connectivity index (χ3n) is 5.67. The maximum Gasteiger partial charge on any atom is 0.261 e. The van der Waals surface area contributed by atoms with Crippen molar-refractivity contribution in [1.82, 2.24) is 10.2 Å². The molecule has 1 unspecified atom stereocenters.